The molecule has 0 saturated carbocycles. The lowest BCUT2D eigenvalue weighted by atomic mass is 10.1. The Morgan fingerprint density at radius 2 is 1.69 bits per heavy atom. The fourth-order valence-corrected chi connectivity index (χ4v) is 2.68. The summed E-state index contributed by atoms with van der Waals surface area (Å²) in [4.78, 5) is 20.1. The zero-order valence-corrected chi connectivity index (χ0v) is 14.1. The molecule has 0 aliphatic rings. The topological polar surface area (TPSA) is 64.2 Å². The first-order valence-electron chi connectivity index (χ1n) is 8.14. The van der Waals surface area contributed by atoms with E-state index < -0.39 is 5.97 Å². The number of H-pyrrole nitrogens is 1. The molecule has 5 nitrogen and oxygen atoms in total. The van der Waals surface area contributed by atoms with E-state index in [-0.39, 0.29) is 0 Å². The van der Waals surface area contributed by atoms with Crippen LogP contribution in [0.15, 0.2) is 72.8 Å². The van der Waals surface area contributed by atoms with Crippen LogP contribution in [0.1, 0.15) is 10.4 Å². The van der Waals surface area contributed by atoms with E-state index in [1.165, 1.54) is 0 Å². The molecule has 3 aromatic carbocycles. The summed E-state index contributed by atoms with van der Waals surface area (Å²) in [7, 11) is 1.57. The Labute approximate surface area is 150 Å². The number of imidazole rings is 1. The van der Waals surface area contributed by atoms with Crippen molar-refractivity contribution in [1.82, 2.24) is 9.97 Å². The SMILES string of the molecule is COc1cccc(OC(=O)c2ccc(-c3nc4ccccc4[nH]3)cc2)c1. The van der Waals surface area contributed by atoms with Crippen LogP contribution in [0.2, 0.25) is 0 Å². The Bertz CT molecular complexity index is 1040. The maximum atomic E-state index is 12.3. The van der Waals surface area contributed by atoms with Crippen LogP contribution >= 0.6 is 0 Å². The number of benzene rings is 3. The van der Waals surface area contributed by atoms with E-state index in [2.05, 4.69) is 9.97 Å². The number of aromatic nitrogens is 2. The van der Waals surface area contributed by atoms with Crippen molar-refractivity contribution in [2.24, 2.45) is 0 Å². The number of fused-ring (bicyclic) bond motifs is 1. The summed E-state index contributed by atoms with van der Waals surface area (Å²) in [6.07, 6.45) is 0. The van der Waals surface area contributed by atoms with E-state index in [9.17, 15) is 4.79 Å². The number of aromatic amines is 1. The number of methoxy groups -OCH3 is 1. The molecule has 0 bridgehead atoms. The van der Waals surface area contributed by atoms with E-state index in [1.54, 1.807) is 43.5 Å². The molecule has 0 atom stereocenters. The molecule has 0 amide bonds. The van der Waals surface area contributed by atoms with Gasteiger partial charge in [0, 0.05) is 11.6 Å². The van der Waals surface area contributed by atoms with Gasteiger partial charge in [0.25, 0.3) is 0 Å². The number of nitrogens with one attached hydrogen (secondary N) is 1. The van der Waals surface area contributed by atoms with Crippen molar-refractivity contribution in [3.8, 4) is 22.9 Å². The third kappa shape index (κ3) is 3.15. The monoisotopic (exact) mass is 344 g/mol. The third-order valence-electron chi connectivity index (χ3n) is 4.04. The predicted molar refractivity (Wildman–Crippen MR) is 99.5 cm³/mol. The van der Waals surface area contributed by atoms with Crippen LogP contribution in [0.4, 0.5) is 0 Å². The van der Waals surface area contributed by atoms with E-state index in [0.717, 1.165) is 22.4 Å². The first-order chi connectivity index (χ1) is 12.7. The Kier molecular flexibility index (Phi) is 4.11. The standard InChI is InChI=1S/C21H16N2O3/c1-25-16-5-4-6-17(13-16)26-21(24)15-11-9-14(10-12-15)20-22-18-7-2-3-8-19(18)23-20/h2-13H,1H3,(H,22,23). The van der Waals surface area contributed by atoms with Crippen LogP contribution < -0.4 is 9.47 Å². The van der Waals surface area contributed by atoms with Gasteiger partial charge in [0.05, 0.1) is 23.7 Å². The Morgan fingerprint density at radius 3 is 2.46 bits per heavy atom. The van der Waals surface area contributed by atoms with E-state index in [0.29, 0.717) is 17.1 Å². The summed E-state index contributed by atoms with van der Waals surface area (Å²) in [6.45, 7) is 0. The predicted octanol–water partition coefficient (Wildman–Crippen LogP) is 4.46. The number of nitrogens with zero attached hydrogens (tertiary/aromatic N) is 1. The van der Waals surface area contributed by atoms with Crippen molar-refractivity contribution >= 4 is 17.0 Å². The minimum Gasteiger partial charge on any atom is -0.497 e. The van der Waals surface area contributed by atoms with Gasteiger partial charge in [0.2, 0.25) is 0 Å². The second kappa shape index (κ2) is 6.72. The fourth-order valence-electron chi connectivity index (χ4n) is 2.68. The molecule has 0 radical (unpaired) electrons. The highest BCUT2D eigenvalue weighted by Gasteiger charge is 2.11. The molecule has 0 saturated heterocycles. The Hall–Kier alpha value is -3.60. The molecule has 0 aliphatic carbocycles. The number of hydrogen-bond acceptors (Lipinski definition) is 4. The summed E-state index contributed by atoms with van der Waals surface area (Å²) in [5.74, 6) is 1.42. The number of para-hydroxylation sites is 2. The van der Waals surface area contributed by atoms with Crippen LogP contribution in [0, 0.1) is 0 Å². The van der Waals surface area contributed by atoms with Crippen LogP contribution in [0.5, 0.6) is 11.5 Å². The molecule has 4 aromatic rings. The molecule has 1 aromatic heterocycles. The van der Waals surface area contributed by atoms with Crippen molar-refractivity contribution in [2.75, 3.05) is 7.11 Å². The molecule has 1 heterocycles. The lowest BCUT2D eigenvalue weighted by Crippen LogP contribution is -2.08. The number of ether oxygens (including phenoxy) is 2. The molecule has 5 heteroatoms. The van der Waals surface area contributed by atoms with Gasteiger partial charge in [-0.1, -0.05) is 30.3 Å². The summed E-state index contributed by atoms with van der Waals surface area (Å²) in [5, 5.41) is 0. The highest BCUT2D eigenvalue weighted by Crippen LogP contribution is 2.22. The van der Waals surface area contributed by atoms with Gasteiger partial charge in [-0.15, -0.1) is 0 Å². The maximum Gasteiger partial charge on any atom is 0.343 e. The lowest BCUT2D eigenvalue weighted by molar-refractivity contribution is 0.0734. The van der Waals surface area contributed by atoms with Crippen LogP contribution in [0.3, 0.4) is 0 Å². The molecular weight excluding hydrogens is 328 g/mol. The van der Waals surface area contributed by atoms with Crippen molar-refractivity contribution in [1.29, 1.82) is 0 Å². The van der Waals surface area contributed by atoms with Crippen molar-refractivity contribution in [2.45, 2.75) is 0 Å². The second-order valence-corrected chi connectivity index (χ2v) is 5.75. The number of carbonyl (C=O) groups is 1. The van der Waals surface area contributed by atoms with E-state index in [1.807, 2.05) is 36.4 Å². The lowest BCUT2D eigenvalue weighted by Gasteiger charge is -2.06. The number of carbonyl (C=O) groups excluding carboxylic acids is 1. The zero-order valence-electron chi connectivity index (χ0n) is 14.1. The molecule has 0 unspecified atom stereocenters. The van der Waals surface area contributed by atoms with Crippen LogP contribution in [0.25, 0.3) is 22.4 Å². The summed E-state index contributed by atoms with van der Waals surface area (Å²) < 4.78 is 10.5. The van der Waals surface area contributed by atoms with Gasteiger partial charge >= 0.3 is 5.97 Å². The van der Waals surface area contributed by atoms with Crippen LogP contribution in [-0.2, 0) is 0 Å². The molecule has 0 aliphatic heterocycles. The first-order valence-corrected chi connectivity index (χ1v) is 8.14. The van der Waals surface area contributed by atoms with Crippen molar-refractivity contribution in [3.05, 3.63) is 78.4 Å². The minimum atomic E-state index is -0.422. The quantitative estimate of drug-likeness (QED) is 0.438. The van der Waals surface area contributed by atoms with Gasteiger partial charge < -0.3 is 14.5 Å². The Morgan fingerprint density at radius 1 is 0.923 bits per heavy atom. The fraction of sp³-hybridized carbons (Fsp3) is 0.0476. The minimum absolute atomic E-state index is 0.422. The highest BCUT2D eigenvalue weighted by molar-refractivity contribution is 5.91. The Balaban J connectivity index is 1.54. The molecule has 0 spiro atoms. The largest absolute Gasteiger partial charge is 0.497 e. The zero-order chi connectivity index (χ0) is 17.9. The van der Waals surface area contributed by atoms with Gasteiger partial charge in [-0.3, -0.25) is 0 Å². The van der Waals surface area contributed by atoms with Gasteiger partial charge in [0.15, 0.2) is 0 Å². The average Bonchev–Trinajstić information content (AvgIpc) is 3.12. The average molecular weight is 344 g/mol. The normalized spacial score (nSPS) is 10.7. The van der Waals surface area contributed by atoms with E-state index >= 15 is 0 Å². The second-order valence-electron chi connectivity index (χ2n) is 5.75. The number of esters is 1. The molecule has 1 N–H and O–H groups in total. The molecule has 26 heavy (non-hydrogen) atoms. The van der Waals surface area contributed by atoms with Gasteiger partial charge in [0.1, 0.15) is 17.3 Å². The molecule has 128 valence electrons. The van der Waals surface area contributed by atoms with E-state index in [4.69, 9.17) is 9.47 Å². The highest BCUT2D eigenvalue weighted by atomic mass is 16.5. The third-order valence-corrected chi connectivity index (χ3v) is 4.04. The van der Waals surface area contributed by atoms with Crippen LogP contribution in [-0.4, -0.2) is 23.0 Å². The van der Waals surface area contributed by atoms with Crippen molar-refractivity contribution in [3.63, 3.8) is 0 Å². The molecule has 4 rings (SSSR count). The summed E-state index contributed by atoms with van der Waals surface area (Å²) in [6, 6.07) is 21.9. The smallest absolute Gasteiger partial charge is 0.343 e. The molecule has 0 fully saturated rings. The van der Waals surface area contributed by atoms with Gasteiger partial charge in [-0.25, -0.2) is 9.78 Å². The van der Waals surface area contributed by atoms with Gasteiger partial charge in [-0.05, 0) is 36.4 Å². The number of rotatable bonds is 4. The first kappa shape index (κ1) is 15.9. The summed E-state index contributed by atoms with van der Waals surface area (Å²) in [5.41, 5.74) is 3.25. The van der Waals surface area contributed by atoms with Gasteiger partial charge in [-0.2, -0.15) is 0 Å². The molecular formula is C21H16N2O3. The maximum absolute atomic E-state index is 12.3. The summed E-state index contributed by atoms with van der Waals surface area (Å²) >= 11 is 0. The van der Waals surface area contributed by atoms with Crippen molar-refractivity contribution < 1.29 is 14.3 Å². The number of hydrogen-bond donors (Lipinski definition) is 1.